The first-order chi connectivity index (χ1) is 7.41. The Morgan fingerprint density at radius 1 is 0.875 bits per heavy atom. The van der Waals surface area contributed by atoms with Gasteiger partial charge < -0.3 is 4.74 Å². The van der Waals surface area contributed by atoms with Crippen molar-refractivity contribution in [3.05, 3.63) is 0 Å². The summed E-state index contributed by atoms with van der Waals surface area (Å²) in [6, 6.07) is 0. The molecule has 0 aromatic carbocycles. The molecule has 0 amide bonds. The van der Waals surface area contributed by atoms with Crippen molar-refractivity contribution < 1.29 is 4.74 Å². The summed E-state index contributed by atoms with van der Waals surface area (Å²) in [5.74, 6) is 0. The highest BCUT2D eigenvalue weighted by Gasteiger charge is 2.35. The summed E-state index contributed by atoms with van der Waals surface area (Å²) < 4.78 is 5.80. The Morgan fingerprint density at radius 2 is 1.31 bits per heavy atom. The lowest BCUT2D eigenvalue weighted by Gasteiger charge is -2.40. The van der Waals surface area contributed by atoms with Gasteiger partial charge in [0.15, 0.2) is 0 Å². The minimum atomic E-state index is 0.334. The Balaban J connectivity index is 4.74. The molecule has 1 atom stereocenters. The highest BCUT2D eigenvalue weighted by molar-refractivity contribution is 4.86. The predicted octanol–water partition coefficient (Wildman–Crippen LogP) is 5.04. The normalized spacial score (nSPS) is 15.2. The van der Waals surface area contributed by atoms with Crippen molar-refractivity contribution in [2.24, 2.45) is 10.8 Å². The first kappa shape index (κ1) is 16.0. The number of methoxy groups -OCH3 is 1. The summed E-state index contributed by atoms with van der Waals surface area (Å²) in [7, 11) is 1.87. The molecule has 0 aliphatic rings. The van der Waals surface area contributed by atoms with E-state index in [9.17, 15) is 0 Å². The van der Waals surface area contributed by atoms with Crippen LogP contribution in [-0.4, -0.2) is 13.2 Å². The first-order valence-electron chi connectivity index (χ1n) is 6.94. The van der Waals surface area contributed by atoms with Crippen LogP contribution in [0.2, 0.25) is 0 Å². The fourth-order valence-electron chi connectivity index (χ4n) is 2.31. The maximum absolute atomic E-state index is 5.80. The maximum Gasteiger partial charge on any atom is 0.0629 e. The molecule has 0 saturated heterocycles. The van der Waals surface area contributed by atoms with E-state index < -0.39 is 0 Å². The van der Waals surface area contributed by atoms with E-state index in [2.05, 4.69) is 41.5 Å². The second-order valence-corrected chi connectivity index (χ2v) is 5.81. The van der Waals surface area contributed by atoms with Crippen LogP contribution in [0.4, 0.5) is 0 Å². The Bertz CT molecular complexity index is 178. The molecule has 98 valence electrons. The predicted molar refractivity (Wildman–Crippen MR) is 72.8 cm³/mol. The third-order valence-electron chi connectivity index (χ3n) is 5.06. The molecule has 0 rings (SSSR count). The molecule has 0 saturated carbocycles. The van der Waals surface area contributed by atoms with E-state index in [1.165, 1.54) is 32.1 Å². The summed E-state index contributed by atoms with van der Waals surface area (Å²) in [5.41, 5.74) is 0.770. The van der Waals surface area contributed by atoms with Gasteiger partial charge in [-0.1, -0.05) is 54.4 Å². The van der Waals surface area contributed by atoms with Crippen molar-refractivity contribution in [1.82, 2.24) is 0 Å². The molecule has 0 aliphatic heterocycles. The van der Waals surface area contributed by atoms with Crippen LogP contribution in [0.15, 0.2) is 0 Å². The molecular formula is C15H32O. The van der Waals surface area contributed by atoms with Gasteiger partial charge in [-0.3, -0.25) is 0 Å². The first-order valence-corrected chi connectivity index (χ1v) is 6.94. The summed E-state index contributed by atoms with van der Waals surface area (Å²) in [6.45, 7) is 13.9. The molecule has 0 aromatic heterocycles. The molecule has 1 heteroatoms. The molecule has 0 aliphatic carbocycles. The largest absolute Gasteiger partial charge is 0.381 e. The van der Waals surface area contributed by atoms with E-state index in [0.717, 1.165) is 0 Å². The molecule has 0 bridgehead atoms. The SMILES string of the molecule is CCC(C)(CC)CC(OC)C(C)(CC)CC. The molecule has 0 radical (unpaired) electrons. The minimum Gasteiger partial charge on any atom is -0.381 e. The third-order valence-corrected chi connectivity index (χ3v) is 5.06. The van der Waals surface area contributed by atoms with Gasteiger partial charge in [0.1, 0.15) is 0 Å². The highest BCUT2D eigenvalue weighted by Crippen LogP contribution is 2.41. The van der Waals surface area contributed by atoms with Crippen LogP contribution in [0.3, 0.4) is 0 Å². The maximum atomic E-state index is 5.80. The van der Waals surface area contributed by atoms with Gasteiger partial charge in [-0.25, -0.2) is 0 Å². The lowest BCUT2D eigenvalue weighted by molar-refractivity contribution is -0.0390. The average Bonchev–Trinajstić information content (AvgIpc) is 2.34. The van der Waals surface area contributed by atoms with E-state index in [1.54, 1.807) is 0 Å². The Labute approximate surface area is 103 Å². The zero-order valence-corrected chi connectivity index (χ0v) is 12.5. The van der Waals surface area contributed by atoms with Crippen LogP contribution in [0, 0.1) is 10.8 Å². The topological polar surface area (TPSA) is 9.23 Å². The number of ether oxygens (including phenoxy) is 1. The monoisotopic (exact) mass is 228 g/mol. The van der Waals surface area contributed by atoms with E-state index in [0.29, 0.717) is 16.9 Å². The minimum absolute atomic E-state index is 0.334. The number of rotatable bonds is 8. The number of hydrogen-bond acceptors (Lipinski definition) is 1. The van der Waals surface area contributed by atoms with Crippen LogP contribution in [-0.2, 0) is 4.74 Å². The van der Waals surface area contributed by atoms with Crippen molar-refractivity contribution in [2.45, 2.75) is 79.8 Å². The Hall–Kier alpha value is -0.0400. The van der Waals surface area contributed by atoms with Gasteiger partial charge in [-0.05, 0) is 30.1 Å². The van der Waals surface area contributed by atoms with Crippen molar-refractivity contribution >= 4 is 0 Å². The molecule has 0 N–H and O–H groups in total. The molecular weight excluding hydrogens is 196 g/mol. The van der Waals surface area contributed by atoms with E-state index in [4.69, 9.17) is 4.74 Å². The van der Waals surface area contributed by atoms with Gasteiger partial charge in [0.2, 0.25) is 0 Å². The van der Waals surface area contributed by atoms with E-state index >= 15 is 0 Å². The third kappa shape index (κ3) is 3.76. The van der Waals surface area contributed by atoms with Crippen LogP contribution in [0.25, 0.3) is 0 Å². The zero-order chi connectivity index (χ0) is 12.8. The molecule has 0 fully saturated rings. The van der Waals surface area contributed by atoms with Crippen molar-refractivity contribution in [2.75, 3.05) is 7.11 Å². The zero-order valence-electron chi connectivity index (χ0n) is 12.5. The Morgan fingerprint density at radius 3 is 1.56 bits per heavy atom. The quantitative estimate of drug-likeness (QED) is 0.565. The van der Waals surface area contributed by atoms with Gasteiger partial charge in [0, 0.05) is 7.11 Å². The second-order valence-electron chi connectivity index (χ2n) is 5.81. The Kier molecular flexibility index (Phi) is 6.62. The molecule has 0 spiro atoms. The highest BCUT2D eigenvalue weighted by atomic mass is 16.5. The summed E-state index contributed by atoms with van der Waals surface area (Å²) >= 11 is 0. The number of hydrogen-bond donors (Lipinski definition) is 0. The van der Waals surface area contributed by atoms with Gasteiger partial charge >= 0.3 is 0 Å². The van der Waals surface area contributed by atoms with Gasteiger partial charge in [0.05, 0.1) is 6.10 Å². The molecule has 1 unspecified atom stereocenters. The standard InChI is InChI=1S/C15H32O/c1-8-14(5,9-2)12-13(16-7)15(6,10-3)11-4/h13H,8-12H2,1-7H3. The van der Waals surface area contributed by atoms with E-state index in [1.807, 2.05) is 7.11 Å². The molecule has 0 heterocycles. The van der Waals surface area contributed by atoms with Crippen LogP contribution < -0.4 is 0 Å². The van der Waals surface area contributed by atoms with Gasteiger partial charge in [-0.15, -0.1) is 0 Å². The molecule has 16 heavy (non-hydrogen) atoms. The summed E-state index contributed by atoms with van der Waals surface area (Å²) in [5, 5.41) is 0. The van der Waals surface area contributed by atoms with Crippen molar-refractivity contribution in [3.8, 4) is 0 Å². The fourth-order valence-corrected chi connectivity index (χ4v) is 2.31. The fraction of sp³-hybridized carbons (Fsp3) is 1.00. The molecule has 1 nitrogen and oxygen atoms in total. The summed E-state index contributed by atoms with van der Waals surface area (Å²) in [6.07, 6.45) is 6.47. The van der Waals surface area contributed by atoms with Crippen LogP contribution in [0.5, 0.6) is 0 Å². The lowest BCUT2D eigenvalue weighted by atomic mass is 9.70. The molecule has 0 aromatic rings. The van der Waals surface area contributed by atoms with Crippen molar-refractivity contribution in [1.29, 1.82) is 0 Å². The van der Waals surface area contributed by atoms with Crippen molar-refractivity contribution in [3.63, 3.8) is 0 Å². The van der Waals surface area contributed by atoms with E-state index in [-0.39, 0.29) is 0 Å². The van der Waals surface area contributed by atoms with Gasteiger partial charge in [0.25, 0.3) is 0 Å². The lowest BCUT2D eigenvalue weighted by Crippen LogP contribution is -2.37. The average molecular weight is 228 g/mol. The smallest absolute Gasteiger partial charge is 0.0629 e. The summed E-state index contributed by atoms with van der Waals surface area (Å²) in [4.78, 5) is 0. The van der Waals surface area contributed by atoms with Crippen LogP contribution in [0.1, 0.15) is 73.6 Å². The second kappa shape index (κ2) is 6.64. The van der Waals surface area contributed by atoms with Gasteiger partial charge in [-0.2, -0.15) is 0 Å². The van der Waals surface area contributed by atoms with Crippen LogP contribution >= 0.6 is 0 Å².